The molecule has 3 rings (SSSR count). The van der Waals surface area contributed by atoms with Gasteiger partial charge in [0, 0.05) is 38.1 Å². The lowest BCUT2D eigenvalue weighted by Crippen LogP contribution is -2.54. The highest BCUT2D eigenvalue weighted by molar-refractivity contribution is 5.95. The van der Waals surface area contributed by atoms with Crippen LogP contribution < -0.4 is 10.1 Å². The molecule has 1 fully saturated rings. The van der Waals surface area contributed by atoms with Gasteiger partial charge in [0.05, 0.1) is 18.2 Å². The van der Waals surface area contributed by atoms with Crippen LogP contribution in [-0.2, 0) is 16.0 Å². The third-order valence-corrected chi connectivity index (χ3v) is 5.01. The molecular weight excluding hydrogens is 394 g/mol. The molecule has 0 unspecified atom stereocenters. The Balaban J connectivity index is 1.52. The maximum Gasteiger partial charge on any atom is 0.387 e. The topological polar surface area (TPSA) is 74.8 Å². The Morgan fingerprint density at radius 1 is 1.10 bits per heavy atom. The van der Waals surface area contributed by atoms with Crippen molar-refractivity contribution in [2.24, 2.45) is 0 Å². The summed E-state index contributed by atoms with van der Waals surface area (Å²) in [7, 11) is 0. The summed E-state index contributed by atoms with van der Waals surface area (Å²) < 4.78 is 29.5. The molecule has 1 aliphatic heterocycles. The molecule has 1 aromatic heterocycles. The van der Waals surface area contributed by atoms with Crippen molar-refractivity contribution in [1.29, 1.82) is 0 Å². The fourth-order valence-corrected chi connectivity index (χ4v) is 3.30. The number of carbonyl (C=O) groups excluding carboxylic acids is 2. The number of anilines is 1. The predicted molar refractivity (Wildman–Crippen MR) is 107 cm³/mol. The van der Waals surface area contributed by atoms with Gasteiger partial charge < -0.3 is 15.0 Å². The standard InChI is InChI=1S/C21H24F2N4O3/c1-15(20(29)25-17-7-2-3-8-18(17)30-21(22)23)26-10-12-27(13-11-26)19(28)14-16-6-4-5-9-24-16/h2-9,15,21H,10-14H2,1H3,(H,25,29)/t15-/m0/s1. The zero-order valence-electron chi connectivity index (χ0n) is 16.6. The number of rotatable bonds is 7. The highest BCUT2D eigenvalue weighted by atomic mass is 19.3. The molecule has 0 spiro atoms. The molecule has 1 aliphatic rings. The largest absolute Gasteiger partial charge is 0.433 e. The molecule has 1 aromatic carbocycles. The van der Waals surface area contributed by atoms with E-state index in [1.165, 1.54) is 12.1 Å². The lowest BCUT2D eigenvalue weighted by Gasteiger charge is -2.37. The Labute approximate surface area is 173 Å². The van der Waals surface area contributed by atoms with Crippen molar-refractivity contribution < 1.29 is 23.1 Å². The van der Waals surface area contributed by atoms with Crippen LogP contribution >= 0.6 is 0 Å². The van der Waals surface area contributed by atoms with Crippen LogP contribution in [-0.4, -0.2) is 65.4 Å². The number of halogens is 2. The lowest BCUT2D eigenvalue weighted by molar-refractivity contribution is -0.133. The van der Waals surface area contributed by atoms with E-state index in [1.807, 2.05) is 17.0 Å². The summed E-state index contributed by atoms with van der Waals surface area (Å²) in [5, 5.41) is 2.65. The smallest absolute Gasteiger partial charge is 0.387 e. The summed E-state index contributed by atoms with van der Waals surface area (Å²) in [6, 6.07) is 11.0. The SMILES string of the molecule is C[C@@H](C(=O)Nc1ccccc1OC(F)F)N1CCN(C(=O)Cc2ccccn2)CC1. The van der Waals surface area contributed by atoms with Gasteiger partial charge in [-0.1, -0.05) is 18.2 Å². The van der Waals surface area contributed by atoms with Gasteiger partial charge in [-0.25, -0.2) is 0 Å². The van der Waals surface area contributed by atoms with Crippen molar-refractivity contribution in [2.45, 2.75) is 26.0 Å². The molecule has 0 aliphatic carbocycles. The molecule has 1 saturated heterocycles. The summed E-state index contributed by atoms with van der Waals surface area (Å²) >= 11 is 0. The van der Waals surface area contributed by atoms with E-state index >= 15 is 0 Å². The molecule has 2 amide bonds. The number of carbonyl (C=O) groups is 2. The fourth-order valence-electron chi connectivity index (χ4n) is 3.30. The van der Waals surface area contributed by atoms with Crippen LogP contribution in [0.3, 0.4) is 0 Å². The van der Waals surface area contributed by atoms with Crippen LogP contribution in [0.15, 0.2) is 48.7 Å². The Bertz CT molecular complexity index is 858. The minimum Gasteiger partial charge on any atom is -0.433 e. The summed E-state index contributed by atoms with van der Waals surface area (Å²) in [4.78, 5) is 33.0. The number of nitrogens with one attached hydrogen (secondary N) is 1. The second-order valence-corrected chi connectivity index (χ2v) is 6.95. The molecule has 0 saturated carbocycles. The van der Waals surface area contributed by atoms with Crippen molar-refractivity contribution in [2.75, 3.05) is 31.5 Å². The van der Waals surface area contributed by atoms with Gasteiger partial charge in [-0.15, -0.1) is 0 Å². The predicted octanol–water partition coefficient (Wildman–Crippen LogP) is 2.40. The molecule has 7 nitrogen and oxygen atoms in total. The molecule has 1 atom stereocenters. The number of piperazine rings is 1. The lowest BCUT2D eigenvalue weighted by atomic mass is 10.2. The van der Waals surface area contributed by atoms with E-state index in [1.54, 1.807) is 36.2 Å². The van der Waals surface area contributed by atoms with Crippen LogP contribution in [0.2, 0.25) is 0 Å². The van der Waals surface area contributed by atoms with Gasteiger partial charge in [-0.2, -0.15) is 8.78 Å². The summed E-state index contributed by atoms with van der Waals surface area (Å²) in [6.07, 6.45) is 1.91. The zero-order valence-corrected chi connectivity index (χ0v) is 16.6. The molecule has 2 aromatic rings. The number of alkyl halides is 2. The van der Waals surface area contributed by atoms with Gasteiger partial charge >= 0.3 is 6.61 Å². The van der Waals surface area contributed by atoms with Crippen molar-refractivity contribution >= 4 is 17.5 Å². The van der Waals surface area contributed by atoms with Crippen molar-refractivity contribution in [1.82, 2.24) is 14.8 Å². The van der Waals surface area contributed by atoms with E-state index in [2.05, 4.69) is 15.0 Å². The minimum absolute atomic E-state index is 0.00327. The highest BCUT2D eigenvalue weighted by Gasteiger charge is 2.28. The third-order valence-electron chi connectivity index (χ3n) is 5.01. The van der Waals surface area contributed by atoms with Gasteiger partial charge in [0.2, 0.25) is 11.8 Å². The first-order valence-electron chi connectivity index (χ1n) is 9.70. The van der Waals surface area contributed by atoms with Crippen molar-refractivity contribution in [3.05, 3.63) is 54.4 Å². The first kappa shape index (κ1) is 21.6. The number of nitrogens with zero attached hydrogens (tertiary/aromatic N) is 3. The molecule has 160 valence electrons. The number of pyridine rings is 1. The molecule has 1 N–H and O–H groups in total. The van der Waals surface area contributed by atoms with Gasteiger partial charge in [-0.3, -0.25) is 19.5 Å². The number of ether oxygens (including phenoxy) is 1. The van der Waals surface area contributed by atoms with Crippen LogP contribution in [0, 0.1) is 0 Å². The normalized spacial score (nSPS) is 15.7. The average molecular weight is 418 g/mol. The summed E-state index contributed by atoms with van der Waals surface area (Å²) in [5.41, 5.74) is 0.918. The quantitative estimate of drug-likeness (QED) is 0.748. The molecular formula is C21H24F2N4O3. The average Bonchev–Trinajstić information content (AvgIpc) is 2.75. The highest BCUT2D eigenvalue weighted by Crippen LogP contribution is 2.26. The van der Waals surface area contributed by atoms with E-state index in [4.69, 9.17) is 0 Å². The van der Waals surface area contributed by atoms with Crippen molar-refractivity contribution in [3.63, 3.8) is 0 Å². The van der Waals surface area contributed by atoms with Crippen LogP contribution in [0.1, 0.15) is 12.6 Å². The molecule has 0 bridgehead atoms. The first-order chi connectivity index (χ1) is 14.4. The van der Waals surface area contributed by atoms with E-state index in [0.717, 1.165) is 5.69 Å². The number of aromatic nitrogens is 1. The number of hydrogen-bond acceptors (Lipinski definition) is 5. The number of hydrogen-bond donors (Lipinski definition) is 1. The molecule has 9 heteroatoms. The maximum atomic E-state index is 12.6. The van der Waals surface area contributed by atoms with Gasteiger partial charge in [0.25, 0.3) is 0 Å². The zero-order chi connectivity index (χ0) is 21.5. The second kappa shape index (κ2) is 10.1. The molecule has 30 heavy (non-hydrogen) atoms. The fraction of sp³-hybridized carbons (Fsp3) is 0.381. The van der Waals surface area contributed by atoms with E-state index in [9.17, 15) is 18.4 Å². The van der Waals surface area contributed by atoms with Gasteiger partial charge in [-0.05, 0) is 31.2 Å². The van der Waals surface area contributed by atoms with E-state index in [0.29, 0.717) is 26.2 Å². The summed E-state index contributed by atoms with van der Waals surface area (Å²) in [5.74, 6) is -0.407. The number of benzene rings is 1. The van der Waals surface area contributed by atoms with Crippen LogP contribution in [0.4, 0.5) is 14.5 Å². The number of amides is 2. The molecule has 2 heterocycles. The van der Waals surface area contributed by atoms with E-state index < -0.39 is 12.7 Å². The Morgan fingerprint density at radius 2 is 1.80 bits per heavy atom. The Kier molecular flexibility index (Phi) is 7.29. The number of para-hydroxylation sites is 2. The first-order valence-corrected chi connectivity index (χ1v) is 9.70. The third kappa shape index (κ3) is 5.73. The summed E-state index contributed by atoms with van der Waals surface area (Å²) in [6.45, 7) is 0.868. The minimum atomic E-state index is -2.97. The monoisotopic (exact) mass is 418 g/mol. The van der Waals surface area contributed by atoms with Crippen molar-refractivity contribution in [3.8, 4) is 5.75 Å². The molecule has 0 radical (unpaired) electrons. The Hall–Kier alpha value is -3.07. The second-order valence-electron chi connectivity index (χ2n) is 6.95. The van der Waals surface area contributed by atoms with Gasteiger partial charge in [0.1, 0.15) is 5.75 Å². The Morgan fingerprint density at radius 3 is 2.47 bits per heavy atom. The van der Waals surface area contributed by atoms with Crippen LogP contribution in [0.25, 0.3) is 0 Å². The van der Waals surface area contributed by atoms with E-state index in [-0.39, 0.29) is 29.7 Å². The van der Waals surface area contributed by atoms with Crippen LogP contribution in [0.5, 0.6) is 5.75 Å². The van der Waals surface area contributed by atoms with Gasteiger partial charge in [0.15, 0.2) is 0 Å². The maximum absolute atomic E-state index is 12.6.